The molecule has 1 fully saturated rings. The second-order valence-corrected chi connectivity index (χ2v) is 10.3. The third-order valence-electron chi connectivity index (χ3n) is 4.88. The van der Waals surface area contributed by atoms with E-state index in [9.17, 15) is 8.42 Å². The van der Waals surface area contributed by atoms with Gasteiger partial charge in [0.05, 0.1) is 5.25 Å². The SMILES string of the molecule is CC(C)S(=O)(=O)NC1CN(Cc2ccccc2)CC1c1ccc(Br)cc1. The number of nitrogens with zero attached hydrogens (tertiary/aromatic N) is 1. The van der Waals surface area contributed by atoms with Crippen LogP contribution >= 0.6 is 15.9 Å². The van der Waals surface area contributed by atoms with Gasteiger partial charge in [-0.2, -0.15) is 0 Å². The minimum atomic E-state index is -3.31. The number of sulfonamides is 1. The minimum absolute atomic E-state index is 0.118. The number of rotatable bonds is 6. The van der Waals surface area contributed by atoms with Gasteiger partial charge in [0.2, 0.25) is 10.0 Å². The molecule has 1 heterocycles. The molecule has 0 spiro atoms. The van der Waals surface area contributed by atoms with Gasteiger partial charge in [0, 0.05) is 36.1 Å². The van der Waals surface area contributed by atoms with Gasteiger partial charge in [0.1, 0.15) is 0 Å². The highest BCUT2D eigenvalue weighted by atomic mass is 79.9. The van der Waals surface area contributed by atoms with Gasteiger partial charge in [0.25, 0.3) is 0 Å². The summed E-state index contributed by atoms with van der Waals surface area (Å²) in [5.74, 6) is 0.139. The van der Waals surface area contributed by atoms with Crippen LogP contribution in [0.25, 0.3) is 0 Å². The molecule has 2 aromatic carbocycles. The Morgan fingerprint density at radius 2 is 1.73 bits per heavy atom. The molecule has 26 heavy (non-hydrogen) atoms. The summed E-state index contributed by atoms with van der Waals surface area (Å²) in [7, 11) is -3.31. The van der Waals surface area contributed by atoms with E-state index in [1.54, 1.807) is 13.8 Å². The first-order chi connectivity index (χ1) is 12.3. The predicted molar refractivity (Wildman–Crippen MR) is 110 cm³/mol. The van der Waals surface area contributed by atoms with Crippen molar-refractivity contribution in [3.05, 3.63) is 70.2 Å². The van der Waals surface area contributed by atoms with Crippen molar-refractivity contribution >= 4 is 26.0 Å². The van der Waals surface area contributed by atoms with Gasteiger partial charge in [-0.25, -0.2) is 13.1 Å². The molecule has 4 nitrogen and oxygen atoms in total. The summed E-state index contributed by atoms with van der Waals surface area (Å²) in [6, 6.07) is 18.4. The fraction of sp³-hybridized carbons (Fsp3) is 0.400. The molecule has 0 amide bonds. The summed E-state index contributed by atoms with van der Waals surface area (Å²) in [4.78, 5) is 2.33. The second kappa shape index (κ2) is 8.21. The van der Waals surface area contributed by atoms with Crippen LogP contribution in [-0.4, -0.2) is 37.7 Å². The quantitative estimate of drug-likeness (QED) is 0.749. The molecular weight excluding hydrogens is 412 g/mol. The van der Waals surface area contributed by atoms with E-state index in [0.29, 0.717) is 6.54 Å². The molecule has 3 rings (SSSR count). The third-order valence-corrected chi connectivity index (χ3v) is 7.28. The zero-order valence-corrected chi connectivity index (χ0v) is 17.5. The van der Waals surface area contributed by atoms with E-state index in [1.165, 1.54) is 11.1 Å². The Bertz CT molecular complexity index is 823. The van der Waals surface area contributed by atoms with E-state index in [4.69, 9.17) is 0 Å². The lowest BCUT2D eigenvalue weighted by molar-refractivity contribution is 0.322. The second-order valence-electron chi connectivity index (χ2n) is 7.16. The van der Waals surface area contributed by atoms with Gasteiger partial charge in [-0.3, -0.25) is 4.90 Å². The van der Waals surface area contributed by atoms with Crippen molar-refractivity contribution in [2.45, 2.75) is 37.6 Å². The van der Waals surface area contributed by atoms with Crippen LogP contribution in [0.2, 0.25) is 0 Å². The average molecular weight is 437 g/mol. The van der Waals surface area contributed by atoms with Crippen molar-refractivity contribution in [2.75, 3.05) is 13.1 Å². The molecule has 0 saturated carbocycles. The van der Waals surface area contributed by atoms with Gasteiger partial charge in [0.15, 0.2) is 0 Å². The Labute approximate surface area is 164 Å². The van der Waals surface area contributed by atoms with Crippen molar-refractivity contribution in [3.63, 3.8) is 0 Å². The molecule has 1 N–H and O–H groups in total. The summed E-state index contributed by atoms with van der Waals surface area (Å²) in [6.07, 6.45) is 0. The molecule has 2 aromatic rings. The lowest BCUT2D eigenvalue weighted by Crippen LogP contribution is -2.42. The molecule has 0 aliphatic carbocycles. The molecule has 0 radical (unpaired) electrons. The molecule has 2 unspecified atom stereocenters. The Morgan fingerprint density at radius 3 is 2.35 bits per heavy atom. The fourth-order valence-electron chi connectivity index (χ4n) is 3.37. The van der Waals surface area contributed by atoms with E-state index in [0.717, 1.165) is 17.6 Å². The number of halogens is 1. The Kier molecular flexibility index (Phi) is 6.17. The average Bonchev–Trinajstić information content (AvgIpc) is 2.98. The Balaban J connectivity index is 1.82. The Hall–Kier alpha value is -1.21. The van der Waals surface area contributed by atoms with Crippen molar-refractivity contribution in [3.8, 4) is 0 Å². The molecule has 1 aliphatic heterocycles. The van der Waals surface area contributed by atoms with Gasteiger partial charge in [-0.15, -0.1) is 0 Å². The van der Waals surface area contributed by atoms with Crippen LogP contribution in [0.1, 0.15) is 30.9 Å². The Morgan fingerprint density at radius 1 is 1.08 bits per heavy atom. The molecule has 1 aliphatic rings. The zero-order valence-electron chi connectivity index (χ0n) is 15.1. The standard InChI is InChI=1S/C20H25BrN2O2S/c1-15(2)26(24,25)22-20-14-23(12-16-6-4-3-5-7-16)13-19(20)17-8-10-18(21)11-9-17/h3-11,15,19-20,22H,12-14H2,1-2H3. The zero-order chi connectivity index (χ0) is 18.7. The van der Waals surface area contributed by atoms with Gasteiger partial charge in [-0.05, 0) is 37.1 Å². The van der Waals surface area contributed by atoms with E-state index >= 15 is 0 Å². The number of benzene rings is 2. The van der Waals surface area contributed by atoms with Crippen LogP contribution in [0.4, 0.5) is 0 Å². The van der Waals surface area contributed by atoms with Crippen LogP contribution in [0, 0.1) is 0 Å². The van der Waals surface area contributed by atoms with Crippen LogP contribution in [0.5, 0.6) is 0 Å². The molecule has 6 heteroatoms. The first-order valence-electron chi connectivity index (χ1n) is 8.88. The predicted octanol–water partition coefficient (Wildman–Crippen LogP) is 3.74. The van der Waals surface area contributed by atoms with E-state index in [-0.39, 0.29) is 12.0 Å². The largest absolute Gasteiger partial charge is 0.297 e. The third kappa shape index (κ3) is 4.74. The summed E-state index contributed by atoms with van der Waals surface area (Å²) in [6.45, 7) is 5.80. The highest BCUT2D eigenvalue weighted by Crippen LogP contribution is 2.30. The van der Waals surface area contributed by atoms with Crippen LogP contribution in [0.15, 0.2) is 59.1 Å². The summed E-state index contributed by atoms with van der Waals surface area (Å²) in [5.41, 5.74) is 2.41. The maximum atomic E-state index is 12.4. The van der Waals surface area contributed by atoms with E-state index in [1.807, 2.05) is 30.3 Å². The molecule has 140 valence electrons. The van der Waals surface area contributed by atoms with Crippen LogP contribution < -0.4 is 4.72 Å². The normalized spacial score (nSPS) is 21.4. The molecular formula is C20H25BrN2O2S. The van der Waals surface area contributed by atoms with Gasteiger partial charge in [-0.1, -0.05) is 58.4 Å². The van der Waals surface area contributed by atoms with Crippen LogP contribution in [-0.2, 0) is 16.6 Å². The maximum absolute atomic E-state index is 12.4. The first-order valence-corrected chi connectivity index (χ1v) is 11.2. The van der Waals surface area contributed by atoms with Crippen molar-refractivity contribution in [2.24, 2.45) is 0 Å². The van der Waals surface area contributed by atoms with Crippen LogP contribution in [0.3, 0.4) is 0 Å². The number of hydrogen-bond donors (Lipinski definition) is 1. The lowest BCUT2D eigenvalue weighted by atomic mass is 9.95. The van der Waals surface area contributed by atoms with E-state index < -0.39 is 15.3 Å². The fourth-order valence-corrected chi connectivity index (χ4v) is 4.57. The number of hydrogen-bond acceptors (Lipinski definition) is 3. The monoisotopic (exact) mass is 436 g/mol. The highest BCUT2D eigenvalue weighted by molar-refractivity contribution is 9.10. The first kappa shape index (κ1) is 19.5. The summed E-state index contributed by atoms with van der Waals surface area (Å²) < 4.78 is 28.9. The minimum Gasteiger partial charge on any atom is -0.297 e. The number of likely N-dealkylation sites (tertiary alicyclic amines) is 1. The van der Waals surface area contributed by atoms with Crippen molar-refractivity contribution in [1.82, 2.24) is 9.62 Å². The molecule has 0 aromatic heterocycles. The number of nitrogens with one attached hydrogen (secondary N) is 1. The summed E-state index contributed by atoms with van der Waals surface area (Å²) in [5, 5.41) is -0.434. The highest BCUT2D eigenvalue weighted by Gasteiger charge is 2.36. The smallest absolute Gasteiger partial charge is 0.214 e. The van der Waals surface area contributed by atoms with Crippen molar-refractivity contribution < 1.29 is 8.42 Å². The van der Waals surface area contributed by atoms with Gasteiger partial charge < -0.3 is 0 Å². The van der Waals surface area contributed by atoms with Crippen molar-refractivity contribution in [1.29, 1.82) is 0 Å². The molecule has 0 bridgehead atoms. The summed E-state index contributed by atoms with van der Waals surface area (Å²) >= 11 is 3.47. The van der Waals surface area contributed by atoms with E-state index in [2.05, 4.69) is 49.8 Å². The topological polar surface area (TPSA) is 49.4 Å². The molecule has 2 atom stereocenters. The molecule has 1 saturated heterocycles. The van der Waals surface area contributed by atoms with Gasteiger partial charge >= 0.3 is 0 Å². The maximum Gasteiger partial charge on any atom is 0.214 e. The lowest BCUT2D eigenvalue weighted by Gasteiger charge is -2.21.